The molecule has 1 aromatic carbocycles. The van der Waals surface area contributed by atoms with Gasteiger partial charge in [-0.2, -0.15) is 5.26 Å². The summed E-state index contributed by atoms with van der Waals surface area (Å²) >= 11 is 0. The number of nitriles is 1. The highest BCUT2D eigenvalue weighted by atomic mass is 32.2. The van der Waals surface area contributed by atoms with Crippen LogP contribution in [0.15, 0.2) is 24.3 Å². The van der Waals surface area contributed by atoms with Gasteiger partial charge in [-0.15, -0.1) is 0 Å². The summed E-state index contributed by atoms with van der Waals surface area (Å²) in [5.74, 6) is -1.61. The molecule has 8 heteroatoms. The number of fused-ring (bicyclic) bond motifs is 1. The fourth-order valence-corrected chi connectivity index (χ4v) is 4.37. The summed E-state index contributed by atoms with van der Waals surface area (Å²) in [5.41, 5.74) is -0.318. The SMILES string of the molecule is C[C@](C#N)(NC(=O)CN1C(=O)c2ccccc2CS1(=O)=O)C1CC1. The van der Waals surface area contributed by atoms with E-state index in [-0.39, 0.29) is 17.2 Å². The van der Waals surface area contributed by atoms with Crippen molar-refractivity contribution in [3.8, 4) is 6.07 Å². The lowest BCUT2D eigenvalue weighted by Gasteiger charge is -2.29. The molecule has 1 N–H and O–H groups in total. The number of nitrogens with one attached hydrogen (secondary N) is 1. The fourth-order valence-electron chi connectivity index (χ4n) is 2.90. The fraction of sp³-hybridized carbons (Fsp3) is 0.438. The lowest BCUT2D eigenvalue weighted by Crippen LogP contribution is -2.53. The maximum Gasteiger partial charge on any atom is 0.268 e. The van der Waals surface area contributed by atoms with E-state index in [0.29, 0.717) is 9.87 Å². The van der Waals surface area contributed by atoms with Crippen LogP contribution < -0.4 is 5.32 Å². The Labute approximate surface area is 140 Å². The molecule has 0 aromatic heterocycles. The van der Waals surface area contributed by atoms with Crippen LogP contribution >= 0.6 is 0 Å². The standard InChI is InChI=1S/C16H17N3O4S/c1-16(10-17,12-6-7-12)18-14(20)8-19-15(21)13-5-3-2-4-11(13)9-24(19,22)23/h2-5,12H,6-9H2,1H3,(H,18,20)/t16-/m1/s1. The Morgan fingerprint density at radius 2 is 2.08 bits per heavy atom. The van der Waals surface area contributed by atoms with Crippen molar-refractivity contribution in [3.63, 3.8) is 0 Å². The van der Waals surface area contributed by atoms with Gasteiger partial charge in [-0.1, -0.05) is 18.2 Å². The first-order valence-electron chi connectivity index (χ1n) is 7.62. The highest BCUT2D eigenvalue weighted by Crippen LogP contribution is 2.39. The van der Waals surface area contributed by atoms with Crippen LogP contribution in [-0.2, 0) is 20.6 Å². The molecular formula is C16H17N3O4S. The number of rotatable bonds is 4. The zero-order valence-corrected chi connectivity index (χ0v) is 14.0. The Morgan fingerprint density at radius 1 is 1.42 bits per heavy atom. The van der Waals surface area contributed by atoms with Crippen LogP contribution in [-0.4, -0.2) is 36.6 Å². The van der Waals surface area contributed by atoms with Crippen molar-refractivity contribution in [1.82, 2.24) is 9.62 Å². The Kier molecular flexibility index (Phi) is 3.84. The number of sulfonamides is 1. The number of nitrogens with zero attached hydrogens (tertiary/aromatic N) is 2. The quantitative estimate of drug-likeness (QED) is 0.866. The molecule has 2 aliphatic rings. The lowest BCUT2D eigenvalue weighted by atomic mass is 9.98. The molecule has 2 amide bonds. The van der Waals surface area contributed by atoms with Crippen molar-refractivity contribution < 1.29 is 18.0 Å². The summed E-state index contributed by atoms with van der Waals surface area (Å²) in [7, 11) is -3.91. The minimum Gasteiger partial charge on any atom is -0.336 e. The molecule has 1 aliphatic heterocycles. The third kappa shape index (κ3) is 2.87. The second kappa shape index (κ2) is 5.60. The first kappa shape index (κ1) is 16.5. The Bertz CT molecular complexity index is 854. The minimum atomic E-state index is -3.91. The van der Waals surface area contributed by atoms with Crippen LogP contribution in [0.4, 0.5) is 0 Å². The van der Waals surface area contributed by atoms with E-state index in [2.05, 4.69) is 11.4 Å². The van der Waals surface area contributed by atoms with Gasteiger partial charge in [0.25, 0.3) is 5.91 Å². The normalized spacial score (nSPS) is 21.3. The third-order valence-corrected chi connectivity index (χ3v) is 6.10. The zero-order chi connectivity index (χ0) is 17.5. The second-order valence-corrected chi connectivity index (χ2v) is 8.26. The maximum absolute atomic E-state index is 12.5. The van der Waals surface area contributed by atoms with Gasteiger partial charge in [0.05, 0.1) is 11.8 Å². The Hall–Kier alpha value is -2.40. The molecule has 126 valence electrons. The maximum atomic E-state index is 12.5. The van der Waals surface area contributed by atoms with E-state index in [9.17, 15) is 23.3 Å². The average Bonchev–Trinajstić information content (AvgIpc) is 3.36. The highest BCUT2D eigenvalue weighted by Gasteiger charge is 2.44. The number of benzene rings is 1. The van der Waals surface area contributed by atoms with Crippen molar-refractivity contribution in [2.75, 3.05) is 6.54 Å². The Morgan fingerprint density at radius 3 is 2.71 bits per heavy atom. The van der Waals surface area contributed by atoms with Crippen molar-refractivity contribution in [3.05, 3.63) is 35.4 Å². The summed E-state index contributed by atoms with van der Waals surface area (Å²) in [6.07, 6.45) is 1.69. The van der Waals surface area contributed by atoms with Gasteiger partial charge in [-0.3, -0.25) is 9.59 Å². The largest absolute Gasteiger partial charge is 0.336 e. The van der Waals surface area contributed by atoms with Crippen molar-refractivity contribution in [1.29, 1.82) is 5.26 Å². The summed E-state index contributed by atoms with van der Waals surface area (Å²) in [6.45, 7) is 1.00. The van der Waals surface area contributed by atoms with Gasteiger partial charge in [0.1, 0.15) is 12.1 Å². The smallest absolute Gasteiger partial charge is 0.268 e. The highest BCUT2D eigenvalue weighted by molar-refractivity contribution is 7.89. The molecule has 1 aromatic rings. The van der Waals surface area contributed by atoms with Gasteiger partial charge < -0.3 is 5.32 Å². The molecule has 0 spiro atoms. The zero-order valence-electron chi connectivity index (χ0n) is 13.2. The molecular weight excluding hydrogens is 330 g/mol. The number of hydrogen-bond donors (Lipinski definition) is 1. The van der Waals surface area contributed by atoms with Gasteiger partial charge in [-0.05, 0) is 37.3 Å². The number of hydrogen-bond acceptors (Lipinski definition) is 5. The van der Waals surface area contributed by atoms with E-state index in [0.717, 1.165) is 12.8 Å². The van der Waals surface area contributed by atoms with E-state index in [1.807, 2.05) is 0 Å². The molecule has 0 unspecified atom stereocenters. The van der Waals surface area contributed by atoms with Crippen LogP contribution in [0.25, 0.3) is 0 Å². The van der Waals surface area contributed by atoms with E-state index >= 15 is 0 Å². The molecule has 1 aliphatic carbocycles. The van der Waals surface area contributed by atoms with Crippen LogP contribution in [0.2, 0.25) is 0 Å². The monoisotopic (exact) mass is 347 g/mol. The number of carbonyl (C=O) groups excluding carboxylic acids is 2. The van der Waals surface area contributed by atoms with Gasteiger partial charge in [0, 0.05) is 5.56 Å². The van der Waals surface area contributed by atoms with Gasteiger partial charge >= 0.3 is 0 Å². The molecule has 1 heterocycles. The molecule has 7 nitrogen and oxygen atoms in total. The summed E-state index contributed by atoms with van der Waals surface area (Å²) in [5, 5.41) is 11.8. The molecule has 0 radical (unpaired) electrons. The van der Waals surface area contributed by atoms with Gasteiger partial charge in [0.15, 0.2) is 0 Å². The summed E-state index contributed by atoms with van der Waals surface area (Å²) in [4.78, 5) is 24.7. The van der Waals surface area contributed by atoms with Crippen molar-refractivity contribution >= 4 is 21.8 Å². The molecule has 1 atom stereocenters. The average molecular weight is 347 g/mol. The van der Waals surface area contributed by atoms with E-state index in [4.69, 9.17) is 0 Å². The molecule has 24 heavy (non-hydrogen) atoms. The van der Waals surface area contributed by atoms with Crippen molar-refractivity contribution in [2.24, 2.45) is 5.92 Å². The van der Waals surface area contributed by atoms with Crippen LogP contribution in [0.1, 0.15) is 35.7 Å². The topological polar surface area (TPSA) is 107 Å². The predicted octanol–water partition coefficient (Wildman–Crippen LogP) is 0.781. The third-order valence-electron chi connectivity index (χ3n) is 4.46. The predicted molar refractivity (Wildman–Crippen MR) is 85.0 cm³/mol. The molecule has 1 fully saturated rings. The molecule has 3 rings (SSSR count). The molecule has 1 saturated carbocycles. The van der Waals surface area contributed by atoms with Crippen LogP contribution in [0.5, 0.6) is 0 Å². The summed E-state index contributed by atoms with van der Waals surface area (Å²) < 4.78 is 25.3. The molecule has 0 saturated heterocycles. The second-order valence-electron chi connectivity index (χ2n) is 6.36. The lowest BCUT2D eigenvalue weighted by molar-refractivity contribution is -0.122. The first-order chi connectivity index (χ1) is 11.3. The van der Waals surface area contributed by atoms with Crippen molar-refractivity contribution in [2.45, 2.75) is 31.1 Å². The van der Waals surface area contributed by atoms with E-state index in [1.165, 1.54) is 0 Å². The van der Waals surface area contributed by atoms with E-state index in [1.54, 1.807) is 31.2 Å². The molecule has 0 bridgehead atoms. The van der Waals surface area contributed by atoms with Gasteiger partial charge in [0.2, 0.25) is 15.9 Å². The first-order valence-corrected chi connectivity index (χ1v) is 9.23. The number of amides is 2. The van der Waals surface area contributed by atoms with Crippen LogP contribution in [0.3, 0.4) is 0 Å². The minimum absolute atomic E-state index is 0.0702. The van der Waals surface area contributed by atoms with Crippen LogP contribution in [0, 0.1) is 17.2 Å². The number of carbonyl (C=O) groups is 2. The van der Waals surface area contributed by atoms with Gasteiger partial charge in [-0.25, -0.2) is 12.7 Å². The van der Waals surface area contributed by atoms with E-state index < -0.39 is 33.9 Å². The Balaban J connectivity index is 1.80. The summed E-state index contributed by atoms with van der Waals surface area (Å²) in [6, 6.07) is 8.51.